The highest BCUT2D eigenvalue weighted by Crippen LogP contribution is 2.35. The van der Waals surface area contributed by atoms with Crippen LogP contribution in [0.2, 0.25) is 0 Å². The summed E-state index contributed by atoms with van der Waals surface area (Å²) >= 11 is 0. The van der Waals surface area contributed by atoms with E-state index in [0.717, 1.165) is 25.7 Å². The average Bonchev–Trinajstić information content (AvgIpc) is 3.28. The molecule has 178 valence electrons. The Morgan fingerprint density at radius 1 is 1.21 bits per heavy atom. The number of aliphatic hydroxyl groups excluding tert-OH is 1. The van der Waals surface area contributed by atoms with E-state index in [1.807, 2.05) is 0 Å². The first kappa shape index (κ1) is 24.2. The van der Waals surface area contributed by atoms with Crippen LogP contribution in [0.4, 0.5) is 15.3 Å². The van der Waals surface area contributed by atoms with Gasteiger partial charge < -0.3 is 24.1 Å². The zero-order chi connectivity index (χ0) is 24.0. The summed E-state index contributed by atoms with van der Waals surface area (Å²) in [6.07, 6.45) is 0.191. The molecule has 1 heterocycles. The topological polar surface area (TPSA) is 147 Å². The molecule has 0 saturated heterocycles. The monoisotopic (exact) mass is 462 g/mol. The Labute approximate surface area is 190 Å². The third kappa shape index (κ3) is 6.07. The molecular formula is C22H26N2O9. The van der Waals surface area contributed by atoms with E-state index in [9.17, 15) is 19.7 Å². The lowest BCUT2D eigenvalue weighted by molar-refractivity contribution is -0.384. The van der Waals surface area contributed by atoms with Crippen LogP contribution >= 0.6 is 0 Å². The number of aliphatic imine (C=N–C) groups is 1. The number of non-ortho nitro benzene ring substituents is 1. The molecule has 2 atom stereocenters. The Kier molecular flexibility index (Phi) is 7.99. The fraction of sp³-hybridized carbons (Fsp3) is 0.500. The molecule has 0 radical (unpaired) electrons. The fourth-order valence-electron chi connectivity index (χ4n) is 3.88. The lowest BCUT2D eigenvalue weighted by Gasteiger charge is -2.30. The summed E-state index contributed by atoms with van der Waals surface area (Å²) < 4.78 is 21.1. The highest BCUT2D eigenvalue weighted by Gasteiger charge is 2.37. The smallest absolute Gasteiger partial charge is 0.432 e. The molecule has 11 nitrogen and oxygen atoms in total. The zero-order valence-corrected chi connectivity index (χ0v) is 18.4. The zero-order valence-electron chi connectivity index (χ0n) is 18.4. The van der Waals surface area contributed by atoms with Gasteiger partial charge in [0.05, 0.1) is 23.3 Å². The molecule has 1 aliphatic heterocycles. The third-order valence-corrected chi connectivity index (χ3v) is 5.35. The Balaban J connectivity index is 1.99. The van der Waals surface area contributed by atoms with Crippen molar-refractivity contribution < 1.29 is 38.6 Å². The van der Waals surface area contributed by atoms with Gasteiger partial charge in [-0.15, -0.1) is 0 Å². The number of ether oxygens (including phenoxy) is 4. The average molecular weight is 462 g/mol. The number of hydrogen-bond donors (Lipinski definition) is 1. The number of rotatable bonds is 7. The lowest BCUT2D eigenvalue weighted by Crippen LogP contribution is -2.36. The van der Waals surface area contributed by atoms with Crippen LogP contribution in [-0.4, -0.2) is 59.5 Å². The van der Waals surface area contributed by atoms with E-state index in [4.69, 9.17) is 24.1 Å². The number of carbonyl (C=O) groups excluding carboxylic acids is 2. The quantitative estimate of drug-likeness (QED) is 0.363. The molecule has 0 aromatic heterocycles. The summed E-state index contributed by atoms with van der Waals surface area (Å²) in [6.45, 7) is 2.62. The van der Waals surface area contributed by atoms with Gasteiger partial charge in [0.15, 0.2) is 11.9 Å². The molecule has 2 aliphatic rings. The largest absolute Gasteiger partial charge is 0.514 e. The second-order valence-corrected chi connectivity index (χ2v) is 7.74. The van der Waals surface area contributed by atoms with Gasteiger partial charge in [-0.05, 0) is 45.1 Å². The van der Waals surface area contributed by atoms with Crippen molar-refractivity contribution >= 4 is 29.3 Å². The van der Waals surface area contributed by atoms with Crippen LogP contribution in [0.25, 0.3) is 5.57 Å². The van der Waals surface area contributed by atoms with Crippen molar-refractivity contribution in [3.63, 3.8) is 0 Å². The molecule has 1 aromatic carbocycles. The van der Waals surface area contributed by atoms with Gasteiger partial charge in [-0.2, -0.15) is 0 Å². The molecule has 33 heavy (non-hydrogen) atoms. The number of nitro groups is 1. The van der Waals surface area contributed by atoms with Gasteiger partial charge in [-0.25, -0.2) is 9.59 Å². The standard InChI is InChI=1S/C22H26N2O9/c1-13-19(32-21(26)30-11-10-25)18(15-6-5-7-16(12-15)24(28)29)20(14(2)23-13)33-22(27)31-17-8-3-4-9-17/h5-7,12,14,17,20,25H,3-4,8-11H2,1-2H3. The van der Waals surface area contributed by atoms with Crippen molar-refractivity contribution in [3.05, 3.63) is 45.7 Å². The van der Waals surface area contributed by atoms with Crippen LogP contribution in [0.1, 0.15) is 45.1 Å². The summed E-state index contributed by atoms with van der Waals surface area (Å²) in [5.74, 6) is -0.0461. The van der Waals surface area contributed by atoms with Crippen LogP contribution in [0.5, 0.6) is 0 Å². The van der Waals surface area contributed by atoms with Crippen molar-refractivity contribution in [3.8, 4) is 0 Å². The van der Waals surface area contributed by atoms with Crippen LogP contribution in [0.3, 0.4) is 0 Å². The predicted octanol–water partition coefficient (Wildman–Crippen LogP) is 3.78. The van der Waals surface area contributed by atoms with E-state index in [0.29, 0.717) is 11.3 Å². The molecule has 0 bridgehead atoms. The van der Waals surface area contributed by atoms with Gasteiger partial charge in [0.1, 0.15) is 12.7 Å². The van der Waals surface area contributed by atoms with Gasteiger partial charge in [0, 0.05) is 17.7 Å². The Hall–Kier alpha value is -3.47. The summed E-state index contributed by atoms with van der Waals surface area (Å²) in [4.78, 5) is 39.8. The number of dihydropyridines is 1. The number of nitro benzene ring substituents is 1. The van der Waals surface area contributed by atoms with Crippen LogP contribution in [0.15, 0.2) is 35.0 Å². The Morgan fingerprint density at radius 3 is 2.61 bits per heavy atom. The van der Waals surface area contributed by atoms with Gasteiger partial charge in [-0.1, -0.05) is 12.1 Å². The third-order valence-electron chi connectivity index (χ3n) is 5.35. The Bertz CT molecular complexity index is 966. The molecule has 3 rings (SSSR count). The second-order valence-electron chi connectivity index (χ2n) is 7.74. The highest BCUT2D eigenvalue weighted by molar-refractivity contribution is 6.06. The van der Waals surface area contributed by atoms with Crippen molar-refractivity contribution in [2.45, 2.75) is 57.8 Å². The summed E-state index contributed by atoms with van der Waals surface area (Å²) in [5.41, 5.74) is 0.660. The maximum Gasteiger partial charge on any atom is 0.514 e. The molecule has 1 fully saturated rings. The second kappa shape index (κ2) is 10.9. The molecule has 1 aromatic rings. The molecule has 0 spiro atoms. The first-order chi connectivity index (χ1) is 15.8. The summed E-state index contributed by atoms with van der Waals surface area (Å²) in [5, 5.41) is 20.2. The molecule has 11 heteroatoms. The van der Waals surface area contributed by atoms with Crippen molar-refractivity contribution in [1.29, 1.82) is 0 Å². The first-order valence-electron chi connectivity index (χ1n) is 10.7. The van der Waals surface area contributed by atoms with Gasteiger partial charge in [-0.3, -0.25) is 15.1 Å². The molecule has 2 unspecified atom stereocenters. The van der Waals surface area contributed by atoms with E-state index in [-0.39, 0.29) is 29.7 Å². The van der Waals surface area contributed by atoms with Crippen LogP contribution in [0, 0.1) is 10.1 Å². The Morgan fingerprint density at radius 2 is 1.94 bits per heavy atom. The molecule has 1 saturated carbocycles. The summed E-state index contributed by atoms with van der Waals surface area (Å²) in [7, 11) is 0. The minimum atomic E-state index is -1.10. The first-order valence-corrected chi connectivity index (χ1v) is 10.7. The molecular weight excluding hydrogens is 436 g/mol. The number of nitrogens with zero attached hydrogens (tertiary/aromatic N) is 2. The highest BCUT2D eigenvalue weighted by atomic mass is 16.7. The minimum absolute atomic E-state index is 0.0461. The maximum absolute atomic E-state index is 12.5. The van der Waals surface area contributed by atoms with Crippen molar-refractivity contribution in [1.82, 2.24) is 0 Å². The van der Waals surface area contributed by atoms with E-state index < -0.39 is 36.0 Å². The maximum atomic E-state index is 12.5. The van der Waals surface area contributed by atoms with Gasteiger partial charge in [0.2, 0.25) is 0 Å². The van der Waals surface area contributed by atoms with Crippen molar-refractivity contribution in [2.75, 3.05) is 13.2 Å². The van der Waals surface area contributed by atoms with Gasteiger partial charge in [0.25, 0.3) is 5.69 Å². The van der Waals surface area contributed by atoms with E-state index in [2.05, 4.69) is 4.99 Å². The molecule has 0 amide bonds. The number of carbonyl (C=O) groups is 2. The number of allylic oxidation sites excluding steroid dienone is 1. The fourth-order valence-corrected chi connectivity index (χ4v) is 3.88. The number of hydrogen-bond acceptors (Lipinski definition) is 10. The van der Waals surface area contributed by atoms with Crippen LogP contribution < -0.4 is 0 Å². The van der Waals surface area contributed by atoms with Crippen molar-refractivity contribution in [2.24, 2.45) is 4.99 Å². The minimum Gasteiger partial charge on any atom is -0.432 e. The number of aliphatic hydroxyl groups is 1. The molecule has 1 N–H and O–H groups in total. The lowest BCUT2D eigenvalue weighted by atomic mass is 9.91. The van der Waals surface area contributed by atoms with E-state index >= 15 is 0 Å². The summed E-state index contributed by atoms with van der Waals surface area (Å²) in [6, 6.07) is 5.08. The van der Waals surface area contributed by atoms with E-state index in [1.54, 1.807) is 19.9 Å². The molecule has 1 aliphatic carbocycles. The number of benzene rings is 1. The SMILES string of the molecule is CC1=NC(C)C(OC(=O)OC2CCCC2)C(c2cccc([N+](=O)[O-])c2)=C1OC(=O)OCCO. The van der Waals surface area contributed by atoms with Crippen LogP contribution in [-0.2, 0) is 18.9 Å². The normalized spacial score (nSPS) is 20.8. The van der Waals surface area contributed by atoms with Gasteiger partial charge >= 0.3 is 12.3 Å². The van der Waals surface area contributed by atoms with E-state index in [1.165, 1.54) is 18.2 Å². The predicted molar refractivity (Wildman–Crippen MR) is 116 cm³/mol.